The number of nitrogens with zero attached hydrogens (tertiary/aromatic N) is 1. The van der Waals surface area contributed by atoms with E-state index in [1.807, 2.05) is 19.9 Å². The van der Waals surface area contributed by atoms with Crippen LogP contribution in [0.3, 0.4) is 0 Å². The summed E-state index contributed by atoms with van der Waals surface area (Å²) in [4.78, 5) is 25.5. The predicted octanol–water partition coefficient (Wildman–Crippen LogP) is 2.36. The Morgan fingerprint density at radius 1 is 1.29 bits per heavy atom. The normalized spacial score (nSPS) is 21.3. The topological polar surface area (TPSA) is 66.8 Å². The van der Waals surface area contributed by atoms with Gasteiger partial charge in [-0.3, -0.25) is 4.79 Å². The fraction of sp³-hybridized carbons (Fsp3) is 0.500. The molecule has 5 heteroatoms. The molecule has 1 N–H and O–H groups in total. The van der Waals surface area contributed by atoms with E-state index in [0.717, 1.165) is 4.90 Å². The SMILES string of the molecule is CC(C)[C@H]1COC(=O)N1C(=O)[C@@H](C)[C@H](O)c1ccccc1. The maximum atomic E-state index is 12.6. The number of cyclic esters (lactones) is 1. The van der Waals surface area contributed by atoms with E-state index in [1.165, 1.54) is 0 Å². The maximum absolute atomic E-state index is 12.6. The molecule has 0 aliphatic carbocycles. The quantitative estimate of drug-likeness (QED) is 0.924. The number of carbonyl (C=O) groups is 2. The molecule has 0 spiro atoms. The molecule has 2 rings (SSSR count). The maximum Gasteiger partial charge on any atom is 0.416 e. The zero-order valence-electron chi connectivity index (χ0n) is 12.5. The summed E-state index contributed by atoms with van der Waals surface area (Å²) in [7, 11) is 0. The zero-order chi connectivity index (χ0) is 15.6. The van der Waals surface area contributed by atoms with E-state index >= 15 is 0 Å². The fourth-order valence-corrected chi connectivity index (χ4v) is 2.47. The molecule has 114 valence electrons. The van der Waals surface area contributed by atoms with Crippen molar-refractivity contribution in [3.05, 3.63) is 35.9 Å². The molecule has 0 unspecified atom stereocenters. The van der Waals surface area contributed by atoms with Crippen LogP contribution >= 0.6 is 0 Å². The van der Waals surface area contributed by atoms with Gasteiger partial charge in [-0.25, -0.2) is 9.69 Å². The number of rotatable bonds is 4. The molecule has 0 radical (unpaired) electrons. The molecule has 1 saturated heterocycles. The molecule has 21 heavy (non-hydrogen) atoms. The number of amides is 2. The van der Waals surface area contributed by atoms with Crippen LogP contribution in [0, 0.1) is 11.8 Å². The van der Waals surface area contributed by atoms with Gasteiger partial charge in [-0.15, -0.1) is 0 Å². The second kappa shape index (κ2) is 6.26. The van der Waals surface area contributed by atoms with Crippen molar-refractivity contribution in [2.75, 3.05) is 6.61 Å². The second-order valence-electron chi connectivity index (χ2n) is 5.74. The van der Waals surface area contributed by atoms with E-state index in [0.29, 0.717) is 5.56 Å². The predicted molar refractivity (Wildman–Crippen MR) is 77.4 cm³/mol. The molecular weight excluding hydrogens is 270 g/mol. The van der Waals surface area contributed by atoms with Crippen LogP contribution in [0.5, 0.6) is 0 Å². The van der Waals surface area contributed by atoms with Crippen molar-refractivity contribution in [1.82, 2.24) is 4.90 Å². The van der Waals surface area contributed by atoms with Gasteiger partial charge in [-0.05, 0) is 11.5 Å². The Labute approximate surface area is 124 Å². The van der Waals surface area contributed by atoms with Crippen molar-refractivity contribution in [3.63, 3.8) is 0 Å². The number of imide groups is 1. The summed E-state index contributed by atoms with van der Waals surface area (Å²) in [5.41, 5.74) is 0.659. The molecule has 0 aromatic heterocycles. The van der Waals surface area contributed by atoms with Crippen molar-refractivity contribution in [2.45, 2.75) is 32.9 Å². The highest BCUT2D eigenvalue weighted by Crippen LogP contribution is 2.27. The van der Waals surface area contributed by atoms with Gasteiger partial charge in [-0.1, -0.05) is 51.1 Å². The summed E-state index contributed by atoms with van der Waals surface area (Å²) in [6, 6.07) is 8.70. The highest BCUT2D eigenvalue weighted by atomic mass is 16.6. The molecule has 2 amide bonds. The van der Waals surface area contributed by atoms with Crippen LogP contribution in [0.15, 0.2) is 30.3 Å². The van der Waals surface area contributed by atoms with Gasteiger partial charge in [0.15, 0.2) is 0 Å². The van der Waals surface area contributed by atoms with Crippen molar-refractivity contribution in [1.29, 1.82) is 0 Å². The van der Waals surface area contributed by atoms with Gasteiger partial charge >= 0.3 is 6.09 Å². The lowest BCUT2D eigenvalue weighted by Gasteiger charge is -2.27. The van der Waals surface area contributed by atoms with Gasteiger partial charge in [0.1, 0.15) is 6.61 Å². The zero-order valence-corrected chi connectivity index (χ0v) is 12.5. The molecule has 0 bridgehead atoms. The highest BCUT2D eigenvalue weighted by molar-refractivity contribution is 5.95. The third-order valence-corrected chi connectivity index (χ3v) is 3.92. The van der Waals surface area contributed by atoms with Crippen molar-refractivity contribution in [2.24, 2.45) is 11.8 Å². The van der Waals surface area contributed by atoms with Crippen LogP contribution in [0.4, 0.5) is 4.79 Å². The largest absolute Gasteiger partial charge is 0.447 e. The molecule has 1 aliphatic rings. The Kier molecular flexibility index (Phi) is 4.63. The van der Waals surface area contributed by atoms with Gasteiger partial charge in [0.25, 0.3) is 0 Å². The fourth-order valence-electron chi connectivity index (χ4n) is 2.47. The minimum Gasteiger partial charge on any atom is -0.447 e. The van der Waals surface area contributed by atoms with Crippen LogP contribution in [-0.4, -0.2) is 34.7 Å². The number of benzene rings is 1. The molecule has 5 nitrogen and oxygen atoms in total. The average molecular weight is 291 g/mol. The van der Waals surface area contributed by atoms with Gasteiger partial charge in [-0.2, -0.15) is 0 Å². The lowest BCUT2D eigenvalue weighted by atomic mass is 9.95. The molecule has 1 fully saturated rings. The van der Waals surface area contributed by atoms with Gasteiger partial charge in [0.2, 0.25) is 5.91 Å². The molecule has 1 aliphatic heterocycles. The van der Waals surface area contributed by atoms with E-state index in [4.69, 9.17) is 4.74 Å². The monoisotopic (exact) mass is 291 g/mol. The molecule has 1 aromatic carbocycles. The van der Waals surface area contributed by atoms with Crippen LogP contribution in [0.2, 0.25) is 0 Å². The Morgan fingerprint density at radius 3 is 2.48 bits per heavy atom. The van der Waals surface area contributed by atoms with Crippen LogP contribution in [0.25, 0.3) is 0 Å². The minimum atomic E-state index is -0.945. The summed E-state index contributed by atoms with van der Waals surface area (Å²) in [5.74, 6) is -0.992. The first kappa shape index (κ1) is 15.5. The average Bonchev–Trinajstić information content (AvgIpc) is 2.87. The van der Waals surface area contributed by atoms with Crippen LogP contribution in [-0.2, 0) is 9.53 Å². The Balaban J connectivity index is 2.16. The smallest absolute Gasteiger partial charge is 0.416 e. The first-order chi connectivity index (χ1) is 9.93. The third-order valence-electron chi connectivity index (χ3n) is 3.92. The summed E-state index contributed by atoms with van der Waals surface area (Å²) in [5, 5.41) is 10.3. The van der Waals surface area contributed by atoms with E-state index in [1.54, 1.807) is 31.2 Å². The van der Waals surface area contributed by atoms with E-state index in [9.17, 15) is 14.7 Å². The number of aliphatic hydroxyl groups is 1. The lowest BCUT2D eigenvalue weighted by molar-refractivity contribution is -0.137. The first-order valence-electron chi connectivity index (χ1n) is 7.16. The van der Waals surface area contributed by atoms with Gasteiger partial charge < -0.3 is 9.84 Å². The lowest BCUT2D eigenvalue weighted by Crippen LogP contribution is -2.45. The summed E-state index contributed by atoms with van der Waals surface area (Å²) in [6.45, 7) is 5.72. The number of carbonyl (C=O) groups excluding carboxylic acids is 2. The highest BCUT2D eigenvalue weighted by Gasteiger charge is 2.42. The minimum absolute atomic E-state index is 0.112. The van der Waals surface area contributed by atoms with E-state index in [2.05, 4.69) is 0 Å². The van der Waals surface area contributed by atoms with Crippen LogP contribution in [0.1, 0.15) is 32.4 Å². The first-order valence-corrected chi connectivity index (χ1v) is 7.16. The van der Waals surface area contributed by atoms with Gasteiger partial charge in [0.05, 0.1) is 18.1 Å². The number of aliphatic hydroxyl groups excluding tert-OH is 1. The van der Waals surface area contributed by atoms with E-state index < -0.39 is 24.0 Å². The summed E-state index contributed by atoms with van der Waals surface area (Å²) < 4.78 is 4.98. The second-order valence-corrected chi connectivity index (χ2v) is 5.74. The van der Waals surface area contributed by atoms with Crippen molar-refractivity contribution in [3.8, 4) is 0 Å². The van der Waals surface area contributed by atoms with Crippen LogP contribution < -0.4 is 0 Å². The number of hydrogen-bond donors (Lipinski definition) is 1. The third kappa shape index (κ3) is 3.08. The molecule has 1 aromatic rings. The number of hydrogen-bond acceptors (Lipinski definition) is 4. The van der Waals surface area contributed by atoms with Crippen molar-refractivity contribution < 1.29 is 19.4 Å². The number of ether oxygens (including phenoxy) is 1. The van der Waals surface area contributed by atoms with Gasteiger partial charge in [0, 0.05) is 0 Å². The standard InChI is InChI=1S/C16H21NO4/c1-10(2)13-9-21-16(20)17(13)15(19)11(3)14(18)12-7-5-4-6-8-12/h4-8,10-11,13-14,18H,9H2,1-3H3/t11-,13+,14-/m0/s1. The Hall–Kier alpha value is -1.88. The molecule has 0 saturated carbocycles. The molecule has 1 heterocycles. The summed E-state index contributed by atoms with van der Waals surface area (Å²) >= 11 is 0. The molecular formula is C16H21NO4. The molecule has 3 atom stereocenters. The summed E-state index contributed by atoms with van der Waals surface area (Å²) in [6.07, 6.45) is -1.56. The Bertz CT molecular complexity index is 514. The van der Waals surface area contributed by atoms with E-state index in [-0.39, 0.29) is 18.6 Å². The van der Waals surface area contributed by atoms with Crippen molar-refractivity contribution >= 4 is 12.0 Å². The Morgan fingerprint density at radius 2 is 1.90 bits per heavy atom.